The lowest BCUT2D eigenvalue weighted by Crippen LogP contribution is -2.27. The van der Waals surface area contributed by atoms with Gasteiger partial charge in [-0.05, 0) is 56.2 Å². The molecule has 0 heterocycles. The molecule has 0 radical (unpaired) electrons. The molecule has 0 bridgehead atoms. The minimum absolute atomic E-state index is 0.223. The SMILES string of the molecule is CC(C)(C)OC(=O)Nc1ccc(-c2cccc(C(F)(F)F)c2)cc1N. The van der Waals surface area contributed by atoms with E-state index in [1.807, 2.05) is 0 Å². The minimum atomic E-state index is -4.42. The van der Waals surface area contributed by atoms with Crippen molar-refractivity contribution in [3.63, 3.8) is 0 Å². The molecule has 0 spiro atoms. The van der Waals surface area contributed by atoms with Gasteiger partial charge < -0.3 is 10.5 Å². The molecule has 0 aromatic heterocycles. The molecule has 1 amide bonds. The number of ether oxygens (including phenoxy) is 1. The highest BCUT2D eigenvalue weighted by atomic mass is 19.4. The van der Waals surface area contributed by atoms with Gasteiger partial charge in [-0.3, -0.25) is 5.32 Å². The number of amides is 1. The second kappa shape index (κ2) is 6.66. The second-order valence-corrected chi connectivity index (χ2v) is 6.51. The predicted octanol–water partition coefficient (Wildman–Crippen LogP) is 5.30. The van der Waals surface area contributed by atoms with Gasteiger partial charge in [0.2, 0.25) is 0 Å². The Hall–Kier alpha value is -2.70. The Morgan fingerprint density at radius 1 is 1.04 bits per heavy atom. The molecule has 0 fully saturated rings. The van der Waals surface area contributed by atoms with Gasteiger partial charge in [-0.2, -0.15) is 13.2 Å². The van der Waals surface area contributed by atoms with Gasteiger partial charge in [-0.25, -0.2) is 4.79 Å². The average Bonchev–Trinajstić information content (AvgIpc) is 2.46. The normalized spacial score (nSPS) is 11.9. The largest absolute Gasteiger partial charge is 0.444 e. The number of nitrogens with one attached hydrogen (secondary N) is 1. The standard InChI is InChI=1S/C18H19F3N2O2/c1-17(2,3)25-16(24)23-15-8-7-12(10-14(15)22)11-5-4-6-13(9-11)18(19,20)21/h4-10H,22H2,1-3H3,(H,23,24). The molecule has 0 aliphatic carbocycles. The van der Waals surface area contributed by atoms with E-state index in [4.69, 9.17) is 10.5 Å². The molecule has 0 aliphatic rings. The Morgan fingerprint density at radius 3 is 2.24 bits per heavy atom. The van der Waals surface area contributed by atoms with Gasteiger partial charge >= 0.3 is 12.3 Å². The fourth-order valence-corrected chi connectivity index (χ4v) is 2.14. The number of halogens is 3. The molecule has 0 aliphatic heterocycles. The molecule has 4 nitrogen and oxygen atoms in total. The van der Waals surface area contributed by atoms with Gasteiger partial charge in [0.1, 0.15) is 5.60 Å². The number of hydrogen-bond donors (Lipinski definition) is 2. The van der Waals surface area contributed by atoms with Gasteiger partial charge in [0.15, 0.2) is 0 Å². The zero-order chi connectivity index (χ0) is 18.8. The average molecular weight is 352 g/mol. The lowest BCUT2D eigenvalue weighted by Gasteiger charge is -2.20. The fourth-order valence-electron chi connectivity index (χ4n) is 2.14. The molecule has 0 unspecified atom stereocenters. The van der Waals surface area contributed by atoms with E-state index < -0.39 is 23.4 Å². The number of carbonyl (C=O) groups is 1. The van der Waals surface area contributed by atoms with Crippen LogP contribution in [-0.2, 0) is 10.9 Å². The van der Waals surface area contributed by atoms with Crippen LogP contribution in [0.3, 0.4) is 0 Å². The number of anilines is 2. The van der Waals surface area contributed by atoms with Crippen LogP contribution in [0.2, 0.25) is 0 Å². The highest BCUT2D eigenvalue weighted by Crippen LogP contribution is 2.33. The van der Waals surface area contributed by atoms with Crippen LogP contribution in [0.5, 0.6) is 0 Å². The van der Waals surface area contributed by atoms with Crippen LogP contribution in [0.4, 0.5) is 29.3 Å². The van der Waals surface area contributed by atoms with E-state index in [0.29, 0.717) is 16.8 Å². The first-order chi connectivity index (χ1) is 11.5. The van der Waals surface area contributed by atoms with E-state index in [-0.39, 0.29) is 5.69 Å². The summed E-state index contributed by atoms with van der Waals surface area (Å²) in [7, 11) is 0. The van der Waals surface area contributed by atoms with Crippen molar-refractivity contribution >= 4 is 17.5 Å². The summed E-state index contributed by atoms with van der Waals surface area (Å²) in [5.41, 5.74) is 5.95. The van der Waals surface area contributed by atoms with E-state index in [2.05, 4.69) is 5.32 Å². The van der Waals surface area contributed by atoms with Crippen LogP contribution < -0.4 is 11.1 Å². The van der Waals surface area contributed by atoms with Crippen molar-refractivity contribution < 1.29 is 22.7 Å². The Balaban J connectivity index is 2.24. The number of hydrogen-bond acceptors (Lipinski definition) is 3. The Bertz CT molecular complexity index is 781. The van der Waals surface area contributed by atoms with Crippen molar-refractivity contribution in [1.29, 1.82) is 0 Å². The number of benzene rings is 2. The van der Waals surface area contributed by atoms with E-state index in [1.165, 1.54) is 18.2 Å². The van der Waals surface area contributed by atoms with Gasteiger partial charge in [-0.1, -0.05) is 18.2 Å². The van der Waals surface area contributed by atoms with Crippen molar-refractivity contribution in [2.24, 2.45) is 0 Å². The molecule has 134 valence electrons. The maximum atomic E-state index is 12.8. The maximum absolute atomic E-state index is 12.8. The zero-order valence-corrected chi connectivity index (χ0v) is 14.1. The molecule has 2 rings (SSSR count). The molecule has 2 aromatic carbocycles. The zero-order valence-electron chi connectivity index (χ0n) is 14.1. The topological polar surface area (TPSA) is 64.3 Å². The van der Waals surface area contributed by atoms with Crippen LogP contribution in [0.15, 0.2) is 42.5 Å². The Kier molecular flexibility index (Phi) is 4.97. The van der Waals surface area contributed by atoms with E-state index in [9.17, 15) is 18.0 Å². The predicted molar refractivity (Wildman–Crippen MR) is 91.1 cm³/mol. The Labute approximate surface area is 143 Å². The first kappa shape index (κ1) is 18.6. The van der Waals surface area contributed by atoms with Crippen molar-refractivity contribution in [3.05, 3.63) is 48.0 Å². The molecular weight excluding hydrogens is 333 g/mol. The van der Waals surface area contributed by atoms with Crippen LogP contribution >= 0.6 is 0 Å². The van der Waals surface area contributed by atoms with Crippen LogP contribution in [-0.4, -0.2) is 11.7 Å². The summed E-state index contributed by atoms with van der Waals surface area (Å²) in [5, 5.41) is 2.51. The molecule has 25 heavy (non-hydrogen) atoms. The van der Waals surface area contributed by atoms with Crippen molar-refractivity contribution in [2.45, 2.75) is 32.5 Å². The van der Waals surface area contributed by atoms with Crippen molar-refractivity contribution in [2.75, 3.05) is 11.1 Å². The quantitative estimate of drug-likeness (QED) is 0.721. The minimum Gasteiger partial charge on any atom is -0.444 e. The summed E-state index contributed by atoms with van der Waals surface area (Å²) in [5.74, 6) is 0. The highest BCUT2D eigenvalue weighted by Gasteiger charge is 2.30. The van der Waals surface area contributed by atoms with E-state index >= 15 is 0 Å². The number of alkyl halides is 3. The fraction of sp³-hybridized carbons (Fsp3) is 0.278. The number of rotatable bonds is 2. The number of nitrogens with two attached hydrogens (primary N) is 1. The van der Waals surface area contributed by atoms with Gasteiger partial charge in [-0.15, -0.1) is 0 Å². The lowest BCUT2D eigenvalue weighted by molar-refractivity contribution is -0.137. The van der Waals surface area contributed by atoms with Crippen LogP contribution in [0.1, 0.15) is 26.3 Å². The summed E-state index contributed by atoms with van der Waals surface area (Å²) in [6.45, 7) is 5.19. The summed E-state index contributed by atoms with van der Waals surface area (Å²) >= 11 is 0. The molecular formula is C18H19F3N2O2. The summed E-state index contributed by atoms with van der Waals surface area (Å²) < 4.78 is 43.6. The van der Waals surface area contributed by atoms with Gasteiger partial charge in [0.25, 0.3) is 0 Å². The van der Waals surface area contributed by atoms with E-state index in [0.717, 1.165) is 12.1 Å². The maximum Gasteiger partial charge on any atom is 0.416 e. The highest BCUT2D eigenvalue weighted by molar-refractivity contribution is 5.90. The van der Waals surface area contributed by atoms with Crippen LogP contribution in [0.25, 0.3) is 11.1 Å². The third-order valence-electron chi connectivity index (χ3n) is 3.21. The first-order valence-corrected chi connectivity index (χ1v) is 7.53. The number of carbonyl (C=O) groups excluding carboxylic acids is 1. The summed E-state index contributed by atoms with van der Waals surface area (Å²) in [6, 6.07) is 9.56. The molecule has 0 saturated heterocycles. The third kappa shape index (κ3) is 5.14. The smallest absolute Gasteiger partial charge is 0.416 e. The molecule has 3 N–H and O–H groups in total. The van der Waals surface area contributed by atoms with Gasteiger partial charge in [0.05, 0.1) is 16.9 Å². The number of nitrogen functional groups attached to an aromatic ring is 1. The molecule has 0 atom stereocenters. The summed E-state index contributed by atoms with van der Waals surface area (Å²) in [4.78, 5) is 11.8. The second-order valence-electron chi connectivity index (χ2n) is 6.51. The lowest BCUT2D eigenvalue weighted by atomic mass is 10.0. The summed E-state index contributed by atoms with van der Waals surface area (Å²) in [6.07, 6.45) is -5.08. The third-order valence-corrected chi connectivity index (χ3v) is 3.21. The molecule has 0 saturated carbocycles. The van der Waals surface area contributed by atoms with Crippen molar-refractivity contribution in [1.82, 2.24) is 0 Å². The van der Waals surface area contributed by atoms with Crippen molar-refractivity contribution in [3.8, 4) is 11.1 Å². The van der Waals surface area contributed by atoms with Crippen LogP contribution in [0, 0.1) is 0 Å². The molecule has 2 aromatic rings. The first-order valence-electron chi connectivity index (χ1n) is 7.53. The Morgan fingerprint density at radius 2 is 1.68 bits per heavy atom. The molecule has 7 heteroatoms. The monoisotopic (exact) mass is 352 g/mol. The van der Waals surface area contributed by atoms with Gasteiger partial charge in [0, 0.05) is 0 Å². The van der Waals surface area contributed by atoms with E-state index in [1.54, 1.807) is 32.9 Å².